The minimum absolute atomic E-state index is 0.183. The lowest BCUT2D eigenvalue weighted by atomic mass is 10.0. The van der Waals surface area contributed by atoms with Gasteiger partial charge in [-0.2, -0.15) is 0 Å². The Kier molecular flexibility index (Phi) is 3.61. The predicted octanol–water partition coefficient (Wildman–Crippen LogP) is 1.82. The van der Waals surface area contributed by atoms with Crippen LogP contribution in [0.2, 0.25) is 0 Å². The van der Waals surface area contributed by atoms with Crippen molar-refractivity contribution < 1.29 is 4.79 Å². The Labute approximate surface area is 100 Å². The zero-order valence-electron chi connectivity index (χ0n) is 9.77. The Bertz CT molecular complexity index is 348. The van der Waals surface area contributed by atoms with Crippen LogP contribution in [0, 0.1) is 5.92 Å². The largest absolute Gasteiger partial charge is 0.335 e. The molecular formula is C12H18N2OS. The molecule has 16 heavy (non-hydrogen) atoms. The van der Waals surface area contributed by atoms with E-state index in [1.807, 2.05) is 22.4 Å². The predicted molar refractivity (Wildman–Crippen MR) is 66.9 cm³/mol. The lowest BCUT2D eigenvalue weighted by Gasteiger charge is -2.35. The second kappa shape index (κ2) is 4.97. The molecule has 1 aliphatic heterocycles. The molecule has 88 valence electrons. The number of nitrogens with zero attached hydrogens (tertiary/aromatic N) is 1. The van der Waals surface area contributed by atoms with Crippen LogP contribution in [0.1, 0.15) is 23.5 Å². The molecule has 4 heteroatoms. The molecule has 1 unspecified atom stereocenters. The average Bonchev–Trinajstić information content (AvgIpc) is 2.81. The third-order valence-corrected chi connectivity index (χ3v) is 3.89. The standard InChI is InChI=1S/C12H18N2OS/c1-9(2)10-8-14(6-5-13-10)12(15)11-4-3-7-16-11/h3-4,7,9-10,13H,5-6,8H2,1-2H3. The molecule has 2 rings (SSSR count). The van der Waals surface area contributed by atoms with E-state index < -0.39 is 0 Å². The number of hydrogen-bond donors (Lipinski definition) is 1. The topological polar surface area (TPSA) is 32.3 Å². The highest BCUT2D eigenvalue weighted by Crippen LogP contribution is 2.15. The number of carbonyl (C=O) groups is 1. The zero-order chi connectivity index (χ0) is 11.5. The normalized spacial score (nSPS) is 21.4. The van der Waals surface area contributed by atoms with Crippen LogP contribution in [0.4, 0.5) is 0 Å². The van der Waals surface area contributed by atoms with Crippen molar-refractivity contribution in [3.05, 3.63) is 22.4 Å². The van der Waals surface area contributed by atoms with Gasteiger partial charge in [0.1, 0.15) is 0 Å². The van der Waals surface area contributed by atoms with Crippen molar-refractivity contribution in [2.75, 3.05) is 19.6 Å². The van der Waals surface area contributed by atoms with Gasteiger partial charge in [0, 0.05) is 25.7 Å². The first-order valence-corrected chi connectivity index (χ1v) is 6.62. The molecule has 0 aromatic carbocycles. The van der Waals surface area contributed by atoms with E-state index in [9.17, 15) is 4.79 Å². The molecule has 1 saturated heterocycles. The summed E-state index contributed by atoms with van der Waals surface area (Å²) in [5, 5.41) is 5.41. The van der Waals surface area contributed by atoms with Crippen LogP contribution in [0.3, 0.4) is 0 Å². The van der Waals surface area contributed by atoms with Gasteiger partial charge in [-0.25, -0.2) is 0 Å². The quantitative estimate of drug-likeness (QED) is 0.852. The van der Waals surface area contributed by atoms with Gasteiger partial charge in [-0.15, -0.1) is 11.3 Å². The number of rotatable bonds is 2. The van der Waals surface area contributed by atoms with Crippen molar-refractivity contribution >= 4 is 17.2 Å². The van der Waals surface area contributed by atoms with Crippen molar-refractivity contribution in [3.8, 4) is 0 Å². The average molecular weight is 238 g/mol. The second-order valence-corrected chi connectivity index (χ2v) is 5.48. The van der Waals surface area contributed by atoms with Crippen molar-refractivity contribution in [3.63, 3.8) is 0 Å². The van der Waals surface area contributed by atoms with Crippen LogP contribution < -0.4 is 5.32 Å². The number of hydrogen-bond acceptors (Lipinski definition) is 3. The van der Waals surface area contributed by atoms with Gasteiger partial charge in [-0.1, -0.05) is 19.9 Å². The molecule has 1 N–H and O–H groups in total. The first-order valence-electron chi connectivity index (χ1n) is 5.74. The molecule has 1 fully saturated rings. The van der Waals surface area contributed by atoms with E-state index >= 15 is 0 Å². The molecule has 1 aromatic rings. The summed E-state index contributed by atoms with van der Waals surface area (Å²) in [5.74, 6) is 0.751. The van der Waals surface area contributed by atoms with Crippen LogP contribution in [-0.4, -0.2) is 36.5 Å². The molecule has 1 atom stereocenters. The maximum atomic E-state index is 12.1. The molecule has 0 radical (unpaired) electrons. The third kappa shape index (κ3) is 2.44. The molecule has 1 aromatic heterocycles. The number of thiophene rings is 1. The maximum absolute atomic E-state index is 12.1. The van der Waals surface area contributed by atoms with E-state index in [1.54, 1.807) is 0 Å². The molecule has 0 saturated carbocycles. The van der Waals surface area contributed by atoms with Crippen LogP contribution >= 0.6 is 11.3 Å². The van der Waals surface area contributed by atoms with Gasteiger partial charge < -0.3 is 10.2 Å². The zero-order valence-corrected chi connectivity index (χ0v) is 10.6. The van der Waals surface area contributed by atoms with Crippen molar-refractivity contribution in [1.82, 2.24) is 10.2 Å². The van der Waals surface area contributed by atoms with Gasteiger partial charge in [-0.05, 0) is 17.4 Å². The first kappa shape index (κ1) is 11.6. The molecule has 1 amide bonds. The highest BCUT2D eigenvalue weighted by atomic mass is 32.1. The van der Waals surface area contributed by atoms with Crippen LogP contribution in [-0.2, 0) is 0 Å². The van der Waals surface area contributed by atoms with Gasteiger partial charge >= 0.3 is 0 Å². The van der Waals surface area contributed by atoms with Crippen LogP contribution in [0.5, 0.6) is 0 Å². The molecule has 0 aliphatic carbocycles. The fraction of sp³-hybridized carbons (Fsp3) is 0.583. The molecular weight excluding hydrogens is 220 g/mol. The summed E-state index contributed by atoms with van der Waals surface area (Å²) in [6, 6.07) is 4.26. The summed E-state index contributed by atoms with van der Waals surface area (Å²) in [6.07, 6.45) is 0. The lowest BCUT2D eigenvalue weighted by molar-refractivity contribution is 0.0689. The molecule has 2 heterocycles. The Morgan fingerprint density at radius 2 is 2.44 bits per heavy atom. The first-order chi connectivity index (χ1) is 7.68. The van der Waals surface area contributed by atoms with Gasteiger partial charge in [0.15, 0.2) is 0 Å². The van der Waals surface area contributed by atoms with E-state index in [-0.39, 0.29) is 5.91 Å². The summed E-state index contributed by atoms with van der Waals surface area (Å²) in [4.78, 5) is 15.0. The van der Waals surface area contributed by atoms with Crippen molar-refractivity contribution in [1.29, 1.82) is 0 Å². The monoisotopic (exact) mass is 238 g/mol. The molecule has 3 nitrogen and oxygen atoms in total. The number of carbonyl (C=O) groups excluding carboxylic acids is 1. The van der Waals surface area contributed by atoms with E-state index in [2.05, 4.69) is 19.2 Å². The van der Waals surface area contributed by atoms with Crippen LogP contribution in [0.15, 0.2) is 17.5 Å². The van der Waals surface area contributed by atoms with Crippen molar-refractivity contribution in [2.45, 2.75) is 19.9 Å². The van der Waals surface area contributed by atoms with Gasteiger partial charge in [0.05, 0.1) is 4.88 Å². The minimum atomic E-state index is 0.183. The second-order valence-electron chi connectivity index (χ2n) is 4.53. The molecule has 0 bridgehead atoms. The minimum Gasteiger partial charge on any atom is -0.335 e. The van der Waals surface area contributed by atoms with E-state index in [0.717, 1.165) is 24.5 Å². The highest BCUT2D eigenvalue weighted by molar-refractivity contribution is 7.12. The lowest BCUT2D eigenvalue weighted by Crippen LogP contribution is -2.54. The van der Waals surface area contributed by atoms with Gasteiger partial charge in [0.25, 0.3) is 5.91 Å². The maximum Gasteiger partial charge on any atom is 0.264 e. The van der Waals surface area contributed by atoms with E-state index in [1.165, 1.54) is 11.3 Å². The van der Waals surface area contributed by atoms with Crippen LogP contribution in [0.25, 0.3) is 0 Å². The van der Waals surface area contributed by atoms with Gasteiger partial charge in [-0.3, -0.25) is 4.79 Å². The summed E-state index contributed by atoms with van der Waals surface area (Å²) in [6.45, 7) is 6.93. The van der Waals surface area contributed by atoms with Gasteiger partial charge in [0.2, 0.25) is 0 Å². The Morgan fingerprint density at radius 1 is 1.62 bits per heavy atom. The number of piperazine rings is 1. The van der Waals surface area contributed by atoms with E-state index in [0.29, 0.717) is 12.0 Å². The summed E-state index contributed by atoms with van der Waals surface area (Å²) in [5.41, 5.74) is 0. The smallest absolute Gasteiger partial charge is 0.264 e. The highest BCUT2D eigenvalue weighted by Gasteiger charge is 2.25. The Balaban J connectivity index is 2.02. The summed E-state index contributed by atoms with van der Waals surface area (Å²) < 4.78 is 0. The Hall–Kier alpha value is -0.870. The number of nitrogens with one attached hydrogen (secondary N) is 1. The summed E-state index contributed by atoms with van der Waals surface area (Å²) in [7, 11) is 0. The fourth-order valence-electron chi connectivity index (χ4n) is 1.97. The molecule has 0 spiro atoms. The SMILES string of the molecule is CC(C)C1CN(C(=O)c2cccs2)CCN1. The third-order valence-electron chi connectivity index (χ3n) is 3.03. The molecule has 1 aliphatic rings. The number of amides is 1. The Morgan fingerprint density at radius 3 is 3.06 bits per heavy atom. The fourth-order valence-corrected chi connectivity index (χ4v) is 2.66. The summed E-state index contributed by atoms with van der Waals surface area (Å²) >= 11 is 1.52. The van der Waals surface area contributed by atoms with Crippen molar-refractivity contribution in [2.24, 2.45) is 5.92 Å². The van der Waals surface area contributed by atoms with E-state index in [4.69, 9.17) is 0 Å².